The normalized spacial score (nSPS) is 39.5. The van der Waals surface area contributed by atoms with Gasteiger partial charge in [-0.1, -0.05) is 120 Å². The van der Waals surface area contributed by atoms with Crippen LogP contribution in [0.2, 0.25) is 0 Å². The van der Waals surface area contributed by atoms with Crippen molar-refractivity contribution in [3.8, 4) is 34.5 Å². The molecule has 3 heterocycles. The molecule has 93 heavy (non-hydrogen) atoms. The minimum Gasteiger partial charge on any atom is -0.446 e. The van der Waals surface area contributed by atoms with Crippen molar-refractivity contribution in [2.24, 2.45) is 71.0 Å². The zero-order valence-electron chi connectivity index (χ0n) is 57.4. The highest BCUT2D eigenvalue weighted by Crippen LogP contribution is 2.64. The molecule has 0 unspecified atom stereocenters. The number of carbonyl (C=O) groups excluding carboxylic acids is 3. The fourth-order valence-corrected chi connectivity index (χ4v) is 22.7. The first-order chi connectivity index (χ1) is 44.7. The van der Waals surface area contributed by atoms with E-state index >= 15 is 0 Å². The van der Waals surface area contributed by atoms with Crippen LogP contribution < -0.4 is 60.3 Å². The Bertz CT molecular complexity index is 3070. The number of hydrogen-bond donors (Lipinski definition) is 6. The van der Waals surface area contributed by atoms with Crippen molar-refractivity contribution in [2.75, 3.05) is 0 Å². The summed E-state index contributed by atoms with van der Waals surface area (Å²) in [6.07, 6.45) is 26.0. The summed E-state index contributed by atoms with van der Waals surface area (Å²) in [5.41, 5.74) is -2.26. The summed E-state index contributed by atoms with van der Waals surface area (Å²) in [5.74, 6) is 5.29. The first-order valence-electron chi connectivity index (χ1n) is 37.7. The maximum absolute atomic E-state index is 14.8. The van der Waals surface area contributed by atoms with Crippen molar-refractivity contribution in [3.63, 3.8) is 0 Å². The predicted octanol–water partition coefficient (Wildman–Crippen LogP) is 17.0. The fourth-order valence-electron chi connectivity index (χ4n) is 22.7. The van der Waals surface area contributed by atoms with Crippen LogP contribution in [-0.2, 0) is 0 Å². The SMILES string of the molecule is CC(C)[C@@H]1CC[C@@H](C)C[C@H]1NC(=O)NC12CCCC(CCC1)C21Oc2cc3c4cc5c(cc4c4cc6c(cc4c3cc2O1)OC1(O6)C2CCCC1(NC(=O)N[C@@H]1C[C@H](C)CC[C@H]1C(C)C)CCC2)OC1(O5)C2CCCC1(NC(=O)N[C@@H]1C[C@H](C)CC[C@H]1C(C)C)CCC2. The van der Waals surface area contributed by atoms with Gasteiger partial charge in [0, 0.05) is 35.9 Å². The first kappa shape index (κ1) is 62.1. The number of benzene rings is 4. The van der Waals surface area contributed by atoms with Crippen molar-refractivity contribution < 1.29 is 42.8 Å². The van der Waals surface area contributed by atoms with E-state index in [9.17, 15) is 14.4 Å². The lowest BCUT2D eigenvalue weighted by molar-refractivity contribution is -0.222. The number of urea groups is 3. The van der Waals surface area contributed by atoms with E-state index in [-0.39, 0.29) is 54.0 Å². The van der Waals surface area contributed by atoms with Gasteiger partial charge in [-0.3, -0.25) is 0 Å². The molecule has 6 amide bonds. The topological polar surface area (TPSA) is 179 Å². The molecule has 9 fully saturated rings. The molecule has 12 aliphatic rings. The lowest BCUT2D eigenvalue weighted by Crippen LogP contribution is -2.75. The van der Waals surface area contributed by atoms with Crippen molar-refractivity contribution in [1.29, 1.82) is 0 Å². The molecule has 0 saturated heterocycles. The summed E-state index contributed by atoms with van der Waals surface area (Å²) in [5, 5.41) is 27.5. The molecule has 6 bridgehead atoms. The summed E-state index contributed by atoms with van der Waals surface area (Å²) in [6, 6.07) is 13.1. The molecule has 9 atom stereocenters. The Morgan fingerprint density at radius 1 is 0.344 bits per heavy atom. The quantitative estimate of drug-likeness (QED) is 0.0890. The van der Waals surface area contributed by atoms with E-state index in [1.807, 2.05) is 0 Å². The Balaban J connectivity index is 0.796. The minimum atomic E-state index is -1.10. The van der Waals surface area contributed by atoms with E-state index in [1.165, 1.54) is 19.3 Å². The minimum absolute atomic E-state index is 0.0686. The number of hydrogen-bond acceptors (Lipinski definition) is 9. The highest BCUT2D eigenvalue weighted by molar-refractivity contribution is 6.27. The third kappa shape index (κ3) is 9.86. The third-order valence-corrected chi connectivity index (χ3v) is 27.3. The third-order valence-electron chi connectivity index (χ3n) is 27.3. The van der Waals surface area contributed by atoms with Crippen LogP contribution in [0.3, 0.4) is 0 Å². The lowest BCUT2D eigenvalue weighted by Gasteiger charge is -2.56. The number of nitrogens with one attached hydrogen (secondary N) is 6. The molecule has 9 aliphatic carbocycles. The van der Waals surface area contributed by atoms with Crippen LogP contribution in [0, 0.1) is 71.0 Å². The largest absolute Gasteiger partial charge is 0.446 e. The summed E-state index contributed by atoms with van der Waals surface area (Å²) in [4.78, 5) is 44.3. The zero-order chi connectivity index (χ0) is 64.1. The number of carbonyl (C=O) groups is 3. The van der Waals surface area contributed by atoms with Gasteiger partial charge in [0.25, 0.3) is 17.4 Å². The summed E-state index contributed by atoms with van der Waals surface area (Å²) >= 11 is 0. The maximum atomic E-state index is 14.8. The summed E-state index contributed by atoms with van der Waals surface area (Å²) < 4.78 is 45.4. The highest BCUT2D eigenvalue weighted by atomic mass is 16.8. The van der Waals surface area contributed by atoms with Crippen LogP contribution in [0.15, 0.2) is 36.4 Å². The number of amides is 6. The fraction of sp³-hybridized carbons (Fsp3) is 0.731. The summed E-state index contributed by atoms with van der Waals surface area (Å²) in [7, 11) is 0. The number of rotatable bonds is 9. The van der Waals surface area contributed by atoms with E-state index in [2.05, 4.69) is 131 Å². The lowest BCUT2D eigenvalue weighted by atomic mass is 9.62. The molecule has 4 aromatic carbocycles. The average molecular weight is 1270 g/mol. The van der Waals surface area contributed by atoms with Crippen molar-refractivity contribution in [1.82, 2.24) is 31.9 Å². The molecule has 16 rings (SSSR count). The van der Waals surface area contributed by atoms with Gasteiger partial charge < -0.3 is 60.3 Å². The molecular formula is C78H108N6O9. The monoisotopic (exact) mass is 1270 g/mol. The summed E-state index contributed by atoms with van der Waals surface area (Å²) in [6.45, 7) is 20.7. The van der Waals surface area contributed by atoms with Crippen molar-refractivity contribution in [3.05, 3.63) is 36.4 Å². The van der Waals surface area contributed by atoms with Crippen molar-refractivity contribution >= 4 is 50.4 Å². The first-order valence-corrected chi connectivity index (χ1v) is 37.7. The van der Waals surface area contributed by atoms with Crippen molar-refractivity contribution in [2.45, 2.75) is 288 Å². The van der Waals surface area contributed by atoms with E-state index in [1.54, 1.807) is 0 Å². The van der Waals surface area contributed by atoms with Gasteiger partial charge in [0.15, 0.2) is 34.5 Å². The van der Waals surface area contributed by atoms with E-state index in [0.29, 0.717) is 87.8 Å². The van der Waals surface area contributed by atoms with Gasteiger partial charge in [-0.2, -0.15) is 0 Å². The number of ether oxygens (including phenoxy) is 6. The van der Waals surface area contributed by atoms with Crippen LogP contribution in [-0.4, -0.2) is 70.2 Å². The average Bonchev–Trinajstić information content (AvgIpc) is 1.58. The van der Waals surface area contributed by atoms with Gasteiger partial charge in [-0.25, -0.2) is 14.4 Å². The van der Waals surface area contributed by atoms with Gasteiger partial charge in [-0.15, -0.1) is 0 Å². The predicted molar refractivity (Wildman–Crippen MR) is 363 cm³/mol. The number of fused-ring (bicyclic) bond motifs is 9. The van der Waals surface area contributed by atoms with E-state index < -0.39 is 34.0 Å². The molecule has 3 spiro atoms. The second-order valence-corrected chi connectivity index (χ2v) is 33.9. The molecule has 0 radical (unpaired) electrons. The second kappa shape index (κ2) is 23.0. The zero-order valence-corrected chi connectivity index (χ0v) is 57.4. The molecule has 9 saturated carbocycles. The second-order valence-electron chi connectivity index (χ2n) is 33.9. The Hall–Kier alpha value is -5.73. The molecule has 15 nitrogen and oxygen atoms in total. The molecule has 0 aromatic heterocycles. The molecule has 504 valence electrons. The Morgan fingerprint density at radius 2 is 0.559 bits per heavy atom. The van der Waals surface area contributed by atoms with Crippen LogP contribution in [0.4, 0.5) is 14.4 Å². The molecular weight excluding hydrogens is 1160 g/mol. The van der Waals surface area contributed by atoms with E-state index in [4.69, 9.17) is 28.4 Å². The molecule has 15 heteroatoms. The van der Waals surface area contributed by atoms with Crippen LogP contribution in [0.1, 0.15) is 236 Å². The Labute approximate surface area is 552 Å². The van der Waals surface area contributed by atoms with Gasteiger partial charge in [0.1, 0.15) is 16.6 Å². The van der Waals surface area contributed by atoms with Crippen LogP contribution in [0.5, 0.6) is 34.5 Å². The molecule has 3 aliphatic heterocycles. The van der Waals surface area contributed by atoms with Gasteiger partial charge in [-0.05, 0) is 238 Å². The molecule has 4 aromatic rings. The Morgan fingerprint density at radius 3 is 0.763 bits per heavy atom. The van der Waals surface area contributed by atoms with Gasteiger partial charge >= 0.3 is 18.1 Å². The standard InChI is InChI=1S/C78H108N6O9/c1-43(2)52-25-22-46(7)34-61(52)79-70(85)82-73-28-10-16-49(17-11-29-73)76(73)88-64-37-55-56(38-65(64)89-76)58-40-67-69(93-78(91-67)51-20-14-32-75(78,33-15-21-51)84-72(87)81-63-36-48(9)24-27-54(63)45(5)6)42-60(58)59-41-68-66(39-57(55)59)90-77(92-68)50-18-12-30-74(77,31-13-19-50)83-71(86)80-62-35-47(8)23-26-53(62)44(3)4/h37-54,61-63H,10-36H2,1-9H3,(H2,79,82,85)(H2,80,83,86)(H2,81,84,87)/t46-,47-,48-,49?,50?,51?,52+,53+,54+,61-,62-,63-,73?,74?,75?,76?,77?,78?/m1/s1. The van der Waals surface area contributed by atoms with Crippen LogP contribution >= 0.6 is 0 Å². The maximum Gasteiger partial charge on any atom is 0.315 e. The van der Waals surface area contributed by atoms with Gasteiger partial charge in [0.05, 0.1) is 0 Å². The highest BCUT2D eigenvalue weighted by Gasteiger charge is 2.70. The smallest absolute Gasteiger partial charge is 0.315 e. The van der Waals surface area contributed by atoms with E-state index in [0.717, 1.165) is 186 Å². The van der Waals surface area contributed by atoms with Gasteiger partial charge in [0.2, 0.25) is 0 Å². The Kier molecular flexibility index (Phi) is 15.3. The molecule has 6 N–H and O–H groups in total. The van der Waals surface area contributed by atoms with Crippen LogP contribution in [0.25, 0.3) is 32.3 Å².